The van der Waals surface area contributed by atoms with Gasteiger partial charge in [-0.25, -0.2) is 14.6 Å². The van der Waals surface area contributed by atoms with E-state index in [1.165, 1.54) is 6.33 Å². The quantitative estimate of drug-likeness (QED) is 0.391. The molecule has 4 heterocycles. The third-order valence-corrected chi connectivity index (χ3v) is 7.60. The lowest BCUT2D eigenvalue weighted by Gasteiger charge is -2.36. The average molecular weight is 485 g/mol. The van der Waals surface area contributed by atoms with Gasteiger partial charge < -0.3 is 26.4 Å². The Kier molecular flexibility index (Phi) is 5.08. The topological polar surface area (TPSA) is 137 Å². The van der Waals surface area contributed by atoms with Gasteiger partial charge in [0.05, 0.1) is 18.5 Å². The van der Waals surface area contributed by atoms with E-state index in [0.717, 1.165) is 36.3 Å². The summed E-state index contributed by atoms with van der Waals surface area (Å²) >= 11 is 0. The molecule has 2 aromatic heterocycles. The van der Waals surface area contributed by atoms with E-state index in [2.05, 4.69) is 15.3 Å². The zero-order valence-electron chi connectivity index (χ0n) is 20.2. The number of nitrogens with two attached hydrogens (primary N) is 2. The van der Waals surface area contributed by atoms with Crippen molar-refractivity contribution in [3.05, 3.63) is 59.9 Å². The predicted molar refractivity (Wildman–Crippen MR) is 138 cm³/mol. The van der Waals surface area contributed by atoms with Gasteiger partial charge in [0.2, 0.25) is 5.91 Å². The second-order valence-electron chi connectivity index (χ2n) is 9.40. The predicted octanol–water partition coefficient (Wildman–Crippen LogP) is 1.99. The Labute approximate surface area is 208 Å². The standard InChI is InChI=1S/C26H28N8O2/c1-33-19-6-4-3-5-16(19)12-26(33,25(28)35)18-8-7-15(11-20(18)36-2)22-21-23(27)30-14-31-24(21)34(32-22)17-9-10-29-13-17/h3-8,11,14,17,29H,9-10,12-13H2,1-2H3,(H2,28,35)(H2,27,30,31). The van der Waals surface area contributed by atoms with Gasteiger partial charge in [-0.3, -0.25) is 4.79 Å². The molecule has 2 unspecified atom stereocenters. The first kappa shape index (κ1) is 22.3. The number of para-hydroxylation sites is 1. The van der Waals surface area contributed by atoms with Crippen LogP contribution in [0.1, 0.15) is 23.6 Å². The van der Waals surface area contributed by atoms with E-state index in [1.54, 1.807) is 7.11 Å². The second kappa shape index (κ2) is 8.20. The maximum Gasteiger partial charge on any atom is 0.248 e. The Balaban J connectivity index is 1.51. The monoisotopic (exact) mass is 484 g/mol. The first-order chi connectivity index (χ1) is 17.5. The van der Waals surface area contributed by atoms with Crippen LogP contribution in [0.2, 0.25) is 0 Å². The summed E-state index contributed by atoms with van der Waals surface area (Å²) in [5.41, 5.74) is 16.2. The van der Waals surface area contributed by atoms with Crippen molar-refractivity contribution in [2.24, 2.45) is 5.73 Å². The number of rotatable bonds is 5. The highest BCUT2D eigenvalue weighted by molar-refractivity contribution is 5.99. The molecule has 2 atom stereocenters. The Hall–Kier alpha value is -4.18. The minimum Gasteiger partial charge on any atom is -0.496 e. The third-order valence-electron chi connectivity index (χ3n) is 7.60. The number of carbonyl (C=O) groups is 1. The van der Waals surface area contributed by atoms with E-state index in [0.29, 0.717) is 40.3 Å². The molecule has 5 N–H and O–H groups in total. The lowest BCUT2D eigenvalue weighted by atomic mass is 9.84. The van der Waals surface area contributed by atoms with Gasteiger partial charge in [0.25, 0.3) is 0 Å². The van der Waals surface area contributed by atoms with Crippen LogP contribution in [0.4, 0.5) is 11.5 Å². The van der Waals surface area contributed by atoms with E-state index in [1.807, 2.05) is 59.1 Å². The van der Waals surface area contributed by atoms with Gasteiger partial charge in [-0.15, -0.1) is 0 Å². The highest BCUT2D eigenvalue weighted by Gasteiger charge is 2.50. The number of hydrogen-bond donors (Lipinski definition) is 3. The van der Waals surface area contributed by atoms with Gasteiger partial charge in [0.15, 0.2) is 11.2 Å². The Bertz CT molecular complexity index is 1490. The summed E-state index contributed by atoms with van der Waals surface area (Å²) in [5, 5.41) is 9.02. The number of likely N-dealkylation sites (N-methyl/N-ethyl adjacent to an activating group) is 1. The molecule has 1 amide bonds. The number of fused-ring (bicyclic) bond motifs is 2. The summed E-state index contributed by atoms with van der Waals surface area (Å²) in [6, 6.07) is 13.9. The van der Waals surface area contributed by atoms with E-state index < -0.39 is 11.4 Å². The van der Waals surface area contributed by atoms with Crippen LogP contribution in [0.5, 0.6) is 5.75 Å². The van der Waals surface area contributed by atoms with Crippen molar-refractivity contribution in [1.82, 2.24) is 25.1 Å². The summed E-state index contributed by atoms with van der Waals surface area (Å²) < 4.78 is 7.79. The number of ether oxygens (including phenoxy) is 1. The fourth-order valence-corrected chi connectivity index (χ4v) is 5.73. The smallest absolute Gasteiger partial charge is 0.248 e. The molecule has 4 aromatic rings. The van der Waals surface area contributed by atoms with Gasteiger partial charge in [-0.1, -0.05) is 30.3 Å². The van der Waals surface area contributed by atoms with E-state index in [9.17, 15) is 4.79 Å². The van der Waals surface area contributed by atoms with Crippen LogP contribution in [-0.4, -0.2) is 52.9 Å². The molecule has 0 aliphatic carbocycles. The number of benzene rings is 2. The SMILES string of the molecule is COc1cc(-c2nn(C3CCNC3)c3ncnc(N)c23)ccc1C1(C(N)=O)Cc2ccccc2N1C. The van der Waals surface area contributed by atoms with Crippen LogP contribution in [0, 0.1) is 0 Å². The minimum absolute atomic E-state index is 0.181. The minimum atomic E-state index is -1.08. The number of methoxy groups -OCH3 is 1. The number of hydrogen-bond acceptors (Lipinski definition) is 8. The van der Waals surface area contributed by atoms with Crippen LogP contribution in [0.25, 0.3) is 22.3 Å². The number of nitrogen functional groups attached to an aromatic ring is 1. The molecule has 0 saturated carbocycles. The molecule has 0 spiro atoms. The third kappa shape index (κ3) is 3.07. The van der Waals surface area contributed by atoms with Gasteiger partial charge in [0.1, 0.15) is 23.6 Å². The molecule has 10 nitrogen and oxygen atoms in total. The van der Waals surface area contributed by atoms with Crippen LogP contribution < -0.4 is 26.4 Å². The van der Waals surface area contributed by atoms with Crippen molar-refractivity contribution >= 4 is 28.4 Å². The molecule has 0 bridgehead atoms. The summed E-state index contributed by atoms with van der Waals surface area (Å²) in [6.07, 6.45) is 2.88. The first-order valence-corrected chi connectivity index (χ1v) is 12.0. The zero-order chi connectivity index (χ0) is 25.0. The number of aromatic nitrogens is 4. The molecule has 2 aliphatic heterocycles. The summed E-state index contributed by atoms with van der Waals surface area (Å²) in [7, 11) is 3.49. The number of nitrogens with zero attached hydrogens (tertiary/aromatic N) is 5. The van der Waals surface area contributed by atoms with Crippen molar-refractivity contribution in [3.8, 4) is 17.0 Å². The van der Waals surface area contributed by atoms with Gasteiger partial charge >= 0.3 is 0 Å². The molecule has 2 aliphatic rings. The summed E-state index contributed by atoms with van der Waals surface area (Å²) in [5.74, 6) is 0.481. The molecule has 0 radical (unpaired) electrons. The first-order valence-electron chi connectivity index (χ1n) is 12.0. The highest BCUT2D eigenvalue weighted by Crippen LogP contribution is 2.47. The summed E-state index contributed by atoms with van der Waals surface area (Å²) in [6.45, 7) is 1.74. The molecular weight excluding hydrogens is 456 g/mol. The van der Waals surface area contributed by atoms with Crippen molar-refractivity contribution in [3.63, 3.8) is 0 Å². The van der Waals surface area contributed by atoms with E-state index in [4.69, 9.17) is 21.3 Å². The fourth-order valence-electron chi connectivity index (χ4n) is 5.73. The van der Waals surface area contributed by atoms with Crippen LogP contribution >= 0.6 is 0 Å². The van der Waals surface area contributed by atoms with E-state index >= 15 is 0 Å². The highest BCUT2D eigenvalue weighted by atomic mass is 16.5. The van der Waals surface area contributed by atoms with Crippen LogP contribution in [-0.2, 0) is 16.8 Å². The maximum atomic E-state index is 13.1. The number of carbonyl (C=O) groups excluding carboxylic acids is 1. The number of primary amides is 1. The maximum absolute atomic E-state index is 13.1. The van der Waals surface area contributed by atoms with Crippen molar-refractivity contribution in [2.75, 3.05) is 37.9 Å². The molecule has 1 fully saturated rings. The van der Waals surface area contributed by atoms with E-state index in [-0.39, 0.29) is 6.04 Å². The molecule has 10 heteroatoms. The Morgan fingerprint density at radius 1 is 1.22 bits per heavy atom. The van der Waals surface area contributed by atoms with Crippen molar-refractivity contribution in [2.45, 2.75) is 24.4 Å². The van der Waals surface area contributed by atoms with Crippen LogP contribution in [0.15, 0.2) is 48.8 Å². The lowest BCUT2D eigenvalue weighted by Crippen LogP contribution is -2.52. The molecule has 36 heavy (non-hydrogen) atoms. The summed E-state index contributed by atoms with van der Waals surface area (Å²) in [4.78, 5) is 23.7. The van der Waals surface area contributed by atoms with Crippen LogP contribution in [0.3, 0.4) is 0 Å². The molecular formula is C26H28N8O2. The zero-order valence-corrected chi connectivity index (χ0v) is 20.2. The van der Waals surface area contributed by atoms with Gasteiger partial charge in [-0.2, -0.15) is 5.10 Å². The normalized spacial score (nSPS) is 21.2. The Morgan fingerprint density at radius 3 is 2.78 bits per heavy atom. The molecule has 184 valence electrons. The fraction of sp³-hybridized carbons (Fsp3) is 0.308. The Morgan fingerprint density at radius 2 is 2.06 bits per heavy atom. The molecule has 2 aromatic carbocycles. The molecule has 1 saturated heterocycles. The largest absolute Gasteiger partial charge is 0.496 e. The van der Waals surface area contributed by atoms with Gasteiger partial charge in [0, 0.05) is 36.8 Å². The van der Waals surface area contributed by atoms with Crippen molar-refractivity contribution < 1.29 is 9.53 Å². The molecule has 6 rings (SSSR count). The number of nitrogens with one attached hydrogen (secondary N) is 1. The number of anilines is 2. The van der Waals surface area contributed by atoms with Crippen molar-refractivity contribution in [1.29, 1.82) is 0 Å². The second-order valence-corrected chi connectivity index (χ2v) is 9.40. The average Bonchev–Trinajstić information content (AvgIpc) is 3.61. The van der Waals surface area contributed by atoms with Gasteiger partial charge in [-0.05, 0) is 30.7 Å². The number of amides is 1. The lowest BCUT2D eigenvalue weighted by molar-refractivity contribution is -0.123.